The number of fused-ring (bicyclic) bond motifs is 1. The van der Waals surface area contributed by atoms with Crippen molar-refractivity contribution in [2.75, 3.05) is 26.7 Å². The Hall–Kier alpha value is -2.34. The molecule has 0 saturated heterocycles. The molecule has 1 fully saturated rings. The monoisotopic (exact) mass is 425 g/mol. The number of esters is 1. The van der Waals surface area contributed by atoms with E-state index in [1.165, 1.54) is 18.2 Å². The fourth-order valence-corrected chi connectivity index (χ4v) is 5.22. The summed E-state index contributed by atoms with van der Waals surface area (Å²) in [4.78, 5) is 27.1. The maximum Gasteiger partial charge on any atom is 0.332 e. The highest BCUT2D eigenvalue weighted by atomic mass is 16.5. The Morgan fingerprint density at radius 3 is 2.52 bits per heavy atom. The third kappa shape index (κ3) is 4.95. The third-order valence-electron chi connectivity index (χ3n) is 7.31. The van der Waals surface area contributed by atoms with Gasteiger partial charge in [0.2, 0.25) is 0 Å². The normalized spacial score (nSPS) is 22.0. The number of rotatable bonds is 6. The van der Waals surface area contributed by atoms with Crippen molar-refractivity contribution in [1.82, 2.24) is 14.0 Å². The fraction of sp³-hybridized carbons (Fsp3) is 0.600. The summed E-state index contributed by atoms with van der Waals surface area (Å²) >= 11 is 0. The minimum absolute atomic E-state index is 0.0572. The van der Waals surface area contributed by atoms with Crippen LogP contribution in [0.15, 0.2) is 35.4 Å². The lowest BCUT2D eigenvalue weighted by Gasteiger charge is -2.28. The zero-order valence-electron chi connectivity index (χ0n) is 18.9. The number of carbonyl (C=O) groups excluding carboxylic acids is 1. The molecule has 0 amide bonds. The molecule has 1 aromatic heterocycles. The number of benzene rings is 1. The molecule has 0 N–H and O–H groups in total. The van der Waals surface area contributed by atoms with Crippen molar-refractivity contribution in [3.63, 3.8) is 0 Å². The third-order valence-corrected chi connectivity index (χ3v) is 7.31. The summed E-state index contributed by atoms with van der Waals surface area (Å²) in [5, 5.41) is 0. The van der Waals surface area contributed by atoms with Crippen LogP contribution in [0.3, 0.4) is 0 Å². The van der Waals surface area contributed by atoms with Gasteiger partial charge in [-0.15, -0.1) is 0 Å². The summed E-state index contributed by atoms with van der Waals surface area (Å²) < 4.78 is 8.47. The van der Waals surface area contributed by atoms with Gasteiger partial charge in [0, 0.05) is 37.9 Å². The van der Waals surface area contributed by atoms with Gasteiger partial charge in [-0.2, -0.15) is 0 Å². The number of imidazole rings is 1. The van der Waals surface area contributed by atoms with Gasteiger partial charge in [0.05, 0.1) is 12.8 Å². The highest BCUT2D eigenvalue weighted by Crippen LogP contribution is 2.34. The first-order valence-electron chi connectivity index (χ1n) is 11.8. The lowest BCUT2D eigenvalue weighted by molar-refractivity contribution is -0.141. The number of methoxy groups -OCH3 is 1. The van der Waals surface area contributed by atoms with Gasteiger partial charge < -0.3 is 9.64 Å². The first-order valence-corrected chi connectivity index (χ1v) is 11.8. The highest BCUT2D eigenvalue weighted by molar-refractivity contribution is 5.69. The van der Waals surface area contributed by atoms with Gasteiger partial charge in [-0.05, 0) is 80.7 Å². The molecule has 6 nitrogen and oxygen atoms in total. The predicted molar refractivity (Wildman–Crippen MR) is 122 cm³/mol. The predicted octanol–water partition coefficient (Wildman–Crippen LogP) is 3.74. The van der Waals surface area contributed by atoms with Crippen molar-refractivity contribution < 1.29 is 9.53 Å². The largest absolute Gasteiger partial charge is 0.469 e. The molecule has 0 atom stereocenters. The Morgan fingerprint density at radius 1 is 1.06 bits per heavy atom. The molecule has 1 saturated carbocycles. The van der Waals surface area contributed by atoms with Gasteiger partial charge >= 0.3 is 11.7 Å². The van der Waals surface area contributed by atoms with Crippen LogP contribution in [0.4, 0.5) is 0 Å². The number of hydrogen-bond acceptors (Lipinski definition) is 4. The van der Waals surface area contributed by atoms with E-state index in [1.807, 2.05) is 17.0 Å². The van der Waals surface area contributed by atoms with Gasteiger partial charge in [-0.1, -0.05) is 13.0 Å². The summed E-state index contributed by atoms with van der Waals surface area (Å²) in [7, 11) is 1.44. The van der Waals surface area contributed by atoms with Crippen molar-refractivity contribution in [2.45, 2.75) is 64.3 Å². The Balaban J connectivity index is 1.43. The van der Waals surface area contributed by atoms with Crippen LogP contribution in [0.25, 0.3) is 5.69 Å². The van der Waals surface area contributed by atoms with Gasteiger partial charge in [-0.3, -0.25) is 13.9 Å². The molecule has 1 aliphatic carbocycles. The van der Waals surface area contributed by atoms with E-state index in [4.69, 9.17) is 4.74 Å². The summed E-state index contributed by atoms with van der Waals surface area (Å²) in [6, 6.07) is 6.77. The van der Waals surface area contributed by atoms with Crippen LogP contribution in [-0.2, 0) is 22.4 Å². The molecule has 168 valence electrons. The number of aromatic nitrogens is 2. The SMILES string of the molecule is CCN1CCc2ccc(-n3ccn(C4CCC(CCC(=O)OC)CC4)c3=O)cc2CC1. The maximum atomic E-state index is 13.2. The average molecular weight is 426 g/mol. The number of carbonyl (C=O) groups is 1. The average Bonchev–Trinajstić information content (AvgIpc) is 3.06. The van der Waals surface area contributed by atoms with E-state index in [2.05, 4.69) is 30.0 Å². The van der Waals surface area contributed by atoms with Crippen LogP contribution in [0.5, 0.6) is 0 Å². The van der Waals surface area contributed by atoms with E-state index in [0.29, 0.717) is 12.3 Å². The molecule has 2 aliphatic rings. The van der Waals surface area contributed by atoms with Gasteiger partial charge in [0.25, 0.3) is 0 Å². The topological polar surface area (TPSA) is 56.5 Å². The molecule has 0 radical (unpaired) electrons. The molecule has 4 rings (SSSR count). The first kappa shape index (κ1) is 21.9. The van der Waals surface area contributed by atoms with Gasteiger partial charge in [0.1, 0.15) is 0 Å². The molecule has 6 heteroatoms. The smallest absolute Gasteiger partial charge is 0.332 e. The van der Waals surface area contributed by atoms with Crippen LogP contribution in [0, 0.1) is 5.92 Å². The van der Waals surface area contributed by atoms with Crippen LogP contribution in [0.2, 0.25) is 0 Å². The van der Waals surface area contributed by atoms with Gasteiger partial charge in [0.15, 0.2) is 0 Å². The lowest BCUT2D eigenvalue weighted by Crippen LogP contribution is -2.29. The molecule has 31 heavy (non-hydrogen) atoms. The van der Waals surface area contributed by atoms with Crippen LogP contribution < -0.4 is 5.69 Å². The maximum absolute atomic E-state index is 13.2. The van der Waals surface area contributed by atoms with Crippen molar-refractivity contribution in [3.8, 4) is 5.69 Å². The summed E-state index contributed by atoms with van der Waals surface area (Å²) in [6.07, 6.45) is 11.5. The fourth-order valence-electron chi connectivity index (χ4n) is 5.22. The molecule has 0 bridgehead atoms. The Morgan fingerprint density at radius 2 is 1.81 bits per heavy atom. The zero-order valence-corrected chi connectivity index (χ0v) is 18.9. The first-order chi connectivity index (χ1) is 15.1. The van der Waals surface area contributed by atoms with Crippen molar-refractivity contribution in [1.29, 1.82) is 0 Å². The molecule has 0 unspecified atom stereocenters. The Bertz CT molecular complexity index is 953. The van der Waals surface area contributed by atoms with E-state index in [1.54, 1.807) is 4.57 Å². The summed E-state index contributed by atoms with van der Waals surface area (Å²) in [6.45, 7) is 5.51. The summed E-state index contributed by atoms with van der Waals surface area (Å²) in [5.41, 5.74) is 3.82. The molecule has 2 heterocycles. The zero-order chi connectivity index (χ0) is 21.8. The second kappa shape index (κ2) is 9.86. The minimum Gasteiger partial charge on any atom is -0.469 e. The van der Waals surface area contributed by atoms with E-state index >= 15 is 0 Å². The number of hydrogen-bond donors (Lipinski definition) is 0. The van der Waals surface area contributed by atoms with E-state index in [0.717, 1.165) is 70.3 Å². The second-order valence-electron chi connectivity index (χ2n) is 9.03. The van der Waals surface area contributed by atoms with Gasteiger partial charge in [-0.25, -0.2) is 4.79 Å². The second-order valence-corrected chi connectivity index (χ2v) is 9.03. The van der Waals surface area contributed by atoms with Crippen LogP contribution in [-0.4, -0.2) is 46.7 Å². The highest BCUT2D eigenvalue weighted by Gasteiger charge is 2.24. The van der Waals surface area contributed by atoms with E-state index in [-0.39, 0.29) is 17.7 Å². The molecule has 2 aromatic rings. The van der Waals surface area contributed by atoms with Crippen molar-refractivity contribution >= 4 is 5.97 Å². The van der Waals surface area contributed by atoms with E-state index < -0.39 is 0 Å². The molecular weight excluding hydrogens is 390 g/mol. The Labute approximate surface area is 184 Å². The number of likely N-dealkylation sites (N-methyl/N-ethyl adjacent to an activating group) is 1. The van der Waals surface area contributed by atoms with E-state index in [9.17, 15) is 9.59 Å². The minimum atomic E-state index is -0.126. The Kier molecular flexibility index (Phi) is 6.96. The quantitative estimate of drug-likeness (QED) is 0.662. The van der Waals surface area contributed by atoms with Crippen LogP contribution >= 0.6 is 0 Å². The van der Waals surface area contributed by atoms with Crippen LogP contribution in [0.1, 0.15) is 62.6 Å². The standard InChI is InChI=1S/C25H35N3O3/c1-3-26-14-12-20-7-10-23(18-21(20)13-15-26)28-17-16-27(25(28)30)22-8-4-19(5-9-22)6-11-24(29)31-2/h7,10,16-19,22H,3-6,8-9,11-15H2,1-2H3. The number of nitrogens with zero attached hydrogens (tertiary/aromatic N) is 3. The van der Waals surface area contributed by atoms with Crippen molar-refractivity contribution in [2.24, 2.45) is 5.92 Å². The van der Waals surface area contributed by atoms with Crippen molar-refractivity contribution in [3.05, 3.63) is 52.2 Å². The lowest BCUT2D eigenvalue weighted by atomic mass is 9.83. The molecule has 0 spiro atoms. The molecule has 1 aliphatic heterocycles. The molecule has 1 aromatic carbocycles. The molecular formula is C25H35N3O3. The number of ether oxygens (including phenoxy) is 1. The summed E-state index contributed by atoms with van der Waals surface area (Å²) in [5.74, 6) is 0.430.